The van der Waals surface area contributed by atoms with E-state index in [9.17, 15) is 13.2 Å². The Kier molecular flexibility index (Phi) is 3.71. The molecule has 3 nitrogen and oxygen atoms in total. The molecule has 0 amide bonds. The lowest BCUT2D eigenvalue weighted by molar-refractivity contribution is -0.137. The van der Waals surface area contributed by atoms with Crippen LogP contribution < -0.4 is 4.74 Å². The summed E-state index contributed by atoms with van der Waals surface area (Å²) < 4.78 is 42.5. The van der Waals surface area contributed by atoms with Crippen molar-refractivity contribution >= 4 is 0 Å². The van der Waals surface area contributed by atoms with Gasteiger partial charge in [0, 0.05) is 18.0 Å². The summed E-state index contributed by atoms with van der Waals surface area (Å²) in [6, 6.07) is 5.86. The van der Waals surface area contributed by atoms with Crippen LogP contribution in [0, 0.1) is 0 Å². The molecule has 0 atom stereocenters. The third kappa shape index (κ3) is 3.23. The van der Waals surface area contributed by atoms with E-state index in [0.717, 1.165) is 12.1 Å². The molecule has 0 saturated heterocycles. The zero-order valence-electron chi connectivity index (χ0n) is 9.69. The van der Waals surface area contributed by atoms with Gasteiger partial charge in [0.05, 0.1) is 12.2 Å². The summed E-state index contributed by atoms with van der Waals surface area (Å²) in [4.78, 5) is 3.82. The van der Waals surface area contributed by atoms with Crippen LogP contribution in [0.1, 0.15) is 11.1 Å². The van der Waals surface area contributed by atoms with Crippen LogP contribution in [0.3, 0.4) is 0 Å². The van der Waals surface area contributed by atoms with Gasteiger partial charge in [-0.15, -0.1) is 0 Å². The van der Waals surface area contributed by atoms with Crippen LogP contribution in [0.4, 0.5) is 13.2 Å². The molecule has 0 aliphatic heterocycles. The van der Waals surface area contributed by atoms with Gasteiger partial charge in [-0.3, -0.25) is 4.98 Å². The van der Waals surface area contributed by atoms with Crippen molar-refractivity contribution in [2.24, 2.45) is 0 Å². The van der Waals surface area contributed by atoms with E-state index in [1.165, 1.54) is 30.6 Å². The van der Waals surface area contributed by atoms with Gasteiger partial charge < -0.3 is 9.84 Å². The van der Waals surface area contributed by atoms with Gasteiger partial charge in [-0.1, -0.05) is 0 Å². The molecule has 0 saturated carbocycles. The summed E-state index contributed by atoms with van der Waals surface area (Å²) in [7, 11) is 0. The Balaban J connectivity index is 2.20. The van der Waals surface area contributed by atoms with E-state index < -0.39 is 11.7 Å². The number of rotatable bonds is 3. The molecule has 100 valence electrons. The first-order valence-electron chi connectivity index (χ1n) is 5.39. The molecule has 19 heavy (non-hydrogen) atoms. The lowest BCUT2D eigenvalue weighted by atomic mass is 10.2. The summed E-state index contributed by atoms with van der Waals surface area (Å²) in [6.45, 7) is -0.260. The Morgan fingerprint density at radius 2 is 1.79 bits per heavy atom. The SMILES string of the molecule is OCc1cnccc1Oc1ccc(C(F)(F)F)cc1. The molecular weight excluding hydrogens is 259 g/mol. The summed E-state index contributed by atoms with van der Waals surface area (Å²) in [6.07, 6.45) is -1.47. The monoisotopic (exact) mass is 269 g/mol. The van der Waals surface area contributed by atoms with Crippen LogP contribution in [0.25, 0.3) is 0 Å². The Bertz CT molecular complexity index is 553. The molecule has 6 heteroatoms. The second-order valence-electron chi connectivity index (χ2n) is 3.77. The first-order chi connectivity index (χ1) is 9.00. The number of aliphatic hydroxyl groups excluding tert-OH is 1. The van der Waals surface area contributed by atoms with Crippen LogP contribution in [0.2, 0.25) is 0 Å². The van der Waals surface area contributed by atoms with E-state index in [0.29, 0.717) is 11.3 Å². The molecule has 0 spiro atoms. The zero-order chi connectivity index (χ0) is 13.9. The van der Waals surface area contributed by atoms with E-state index in [2.05, 4.69) is 4.98 Å². The molecule has 0 aliphatic rings. The maximum absolute atomic E-state index is 12.4. The minimum absolute atomic E-state index is 0.258. The van der Waals surface area contributed by atoms with E-state index in [-0.39, 0.29) is 12.4 Å². The van der Waals surface area contributed by atoms with Gasteiger partial charge in [-0.2, -0.15) is 13.2 Å². The average molecular weight is 269 g/mol. The van der Waals surface area contributed by atoms with Crippen molar-refractivity contribution in [1.82, 2.24) is 4.98 Å². The second kappa shape index (κ2) is 5.27. The minimum atomic E-state index is -4.37. The number of aromatic nitrogens is 1. The second-order valence-corrected chi connectivity index (χ2v) is 3.77. The fourth-order valence-electron chi connectivity index (χ4n) is 1.47. The third-order valence-electron chi connectivity index (χ3n) is 2.44. The molecule has 0 aliphatic carbocycles. The summed E-state index contributed by atoms with van der Waals surface area (Å²) >= 11 is 0. The number of halogens is 3. The molecule has 1 aromatic heterocycles. The lowest BCUT2D eigenvalue weighted by Crippen LogP contribution is -2.04. The van der Waals surface area contributed by atoms with E-state index in [4.69, 9.17) is 9.84 Å². The standard InChI is InChI=1S/C13H10F3NO2/c14-13(15,16)10-1-3-11(4-2-10)19-12-5-6-17-7-9(12)8-18/h1-7,18H,8H2. The van der Waals surface area contributed by atoms with Crippen molar-refractivity contribution < 1.29 is 23.0 Å². The van der Waals surface area contributed by atoms with Gasteiger partial charge >= 0.3 is 6.18 Å². The van der Waals surface area contributed by atoms with Gasteiger partial charge in [0.25, 0.3) is 0 Å². The smallest absolute Gasteiger partial charge is 0.416 e. The molecule has 0 bridgehead atoms. The highest BCUT2D eigenvalue weighted by atomic mass is 19.4. The average Bonchev–Trinajstić information content (AvgIpc) is 2.39. The lowest BCUT2D eigenvalue weighted by Gasteiger charge is -2.10. The Hall–Kier alpha value is -2.08. The normalized spacial score (nSPS) is 11.4. The molecule has 0 radical (unpaired) electrons. The predicted molar refractivity (Wildman–Crippen MR) is 61.7 cm³/mol. The van der Waals surface area contributed by atoms with E-state index >= 15 is 0 Å². The summed E-state index contributed by atoms with van der Waals surface area (Å²) in [5.41, 5.74) is -0.278. The molecule has 0 fully saturated rings. The molecular formula is C13H10F3NO2. The maximum Gasteiger partial charge on any atom is 0.416 e. The maximum atomic E-state index is 12.4. The van der Waals surface area contributed by atoms with Crippen molar-refractivity contribution in [2.75, 3.05) is 0 Å². The summed E-state index contributed by atoms with van der Waals surface area (Å²) in [5, 5.41) is 9.08. The minimum Gasteiger partial charge on any atom is -0.457 e. The molecule has 1 heterocycles. The molecule has 1 aromatic carbocycles. The number of benzene rings is 1. The van der Waals surface area contributed by atoms with Crippen molar-refractivity contribution in [3.63, 3.8) is 0 Å². The first-order valence-corrected chi connectivity index (χ1v) is 5.39. The third-order valence-corrected chi connectivity index (χ3v) is 2.44. The molecule has 2 aromatic rings. The van der Waals surface area contributed by atoms with E-state index in [1.807, 2.05) is 0 Å². The summed E-state index contributed by atoms with van der Waals surface area (Å²) in [5.74, 6) is 0.617. The Morgan fingerprint density at radius 1 is 1.11 bits per heavy atom. The number of hydrogen-bond acceptors (Lipinski definition) is 3. The topological polar surface area (TPSA) is 42.4 Å². The van der Waals surface area contributed by atoms with E-state index in [1.54, 1.807) is 0 Å². The van der Waals surface area contributed by atoms with Crippen molar-refractivity contribution in [3.8, 4) is 11.5 Å². The number of pyridine rings is 1. The first kappa shape index (κ1) is 13.4. The number of alkyl halides is 3. The molecule has 0 unspecified atom stereocenters. The fourth-order valence-corrected chi connectivity index (χ4v) is 1.47. The van der Waals surface area contributed by atoms with Crippen LogP contribution in [-0.2, 0) is 12.8 Å². The largest absolute Gasteiger partial charge is 0.457 e. The predicted octanol–water partition coefficient (Wildman–Crippen LogP) is 3.39. The van der Waals surface area contributed by atoms with Crippen molar-refractivity contribution in [1.29, 1.82) is 0 Å². The quantitative estimate of drug-likeness (QED) is 0.928. The van der Waals surface area contributed by atoms with Crippen LogP contribution in [-0.4, -0.2) is 10.1 Å². The highest BCUT2D eigenvalue weighted by Gasteiger charge is 2.30. The van der Waals surface area contributed by atoms with Crippen LogP contribution in [0.5, 0.6) is 11.5 Å². The van der Waals surface area contributed by atoms with Gasteiger partial charge in [0.15, 0.2) is 0 Å². The fraction of sp³-hybridized carbons (Fsp3) is 0.154. The highest BCUT2D eigenvalue weighted by Crippen LogP contribution is 2.31. The molecule has 1 N–H and O–H groups in total. The Morgan fingerprint density at radius 3 is 2.37 bits per heavy atom. The van der Waals surface area contributed by atoms with Gasteiger partial charge in [-0.05, 0) is 30.3 Å². The number of aliphatic hydroxyl groups is 1. The highest BCUT2D eigenvalue weighted by molar-refractivity contribution is 5.36. The van der Waals surface area contributed by atoms with Crippen LogP contribution in [0.15, 0.2) is 42.7 Å². The van der Waals surface area contributed by atoms with Crippen molar-refractivity contribution in [3.05, 3.63) is 53.9 Å². The number of hydrogen-bond donors (Lipinski definition) is 1. The Labute approximate surface area is 107 Å². The zero-order valence-corrected chi connectivity index (χ0v) is 9.69. The number of ether oxygens (including phenoxy) is 1. The van der Waals surface area contributed by atoms with Crippen molar-refractivity contribution in [2.45, 2.75) is 12.8 Å². The number of nitrogens with zero attached hydrogens (tertiary/aromatic N) is 1. The van der Waals surface area contributed by atoms with Gasteiger partial charge in [0.1, 0.15) is 11.5 Å². The van der Waals surface area contributed by atoms with Gasteiger partial charge in [0.2, 0.25) is 0 Å². The van der Waals surface area contributed by atoms with Crippen LogP contribution >= 0.6 is 0 Å². The molecule has 2 rings (SSSR count). The van der Waals surface area contributed by atoms with Gasteiger partial charge in [-0.25, -0.2) is 0 Å².